The van der Waals surface area contributed by atoms with Crippen LogP contribution in [-0.2, 0) is 16.1 Å². The molecule has 0 saturated heterocycles. The van der Waals surface area contributed by atoms with Gasteiger partial charge in [0.2, 0.25) is 0 Å². The molecular formula is C36H37BrN2O7S. The van der Waals surface area contributed by atoms with E-state index in [4.69, 9.17) is 28.7 Å². The van der Waals surface area contributed by atoms with Crippen molar-refractivity contribution in [3.05, 3.63) is 113 Å². The van der Waals surface area contributed by atoms with Gasteiger partial charge in [0.15, 0.2) is 27.8 Å². The topological polar surface area (TPSA) is 97.6 Å². The highest BCUT2D eigenvalue weighted by atomic mass is 79.9. The molecule has 1 aromatic heterocycles. The van der Waals surface area contributed by atoms with Gasteiger partial charge in [-0.2, -0.15) is 0 Å². The number of carbonyl (C=O) groups is 1. The van der Waals surface area contributed by atoms with Crippen molar-refractivity contribution in [2.45, 2.75) is 53.4 Å². The number of thiazole rings is 1. The van der Waals surface area contributed by atoms with Gasteiger partial charge in [-0.15, -0.1) is 0 Å². The number of benzene rings is 3. The van der Waals surface area contributed by atoms with E-state index in [0.717, 1.165) is 11.1 Å². The van der Waals surface area contributed by atoms with Gasteiger partial charge in [0.1, 0.15) is 6.61 Å². The summed E-state index contributed by atoms with van der Waals surface area (Å²) >= 11 is 4.89. The van der Waals surface area contributed by atoms with Crippen LogP contribution in [0.2, 0.25) is 0 Å². The standard InChI is InChI=1S/C36H37BrN2O7S/c1-7-43-29-17-24(16-26(37)33(29)45-20-23-12-10-9-11-13-23)18-30-34(40)39-32(25-14-15-27(46-21(3)4)28(19-25)42-6)31(35(41)44-8-2)22(5)38-36(39)47-30/h9-19,21,32H,7-8,20H2,1-6H3/b30-18-/t32-/m1/s1. The molecule has 0 amide bonds. The maximum absolute atomic E-state index is 14.2. The number of rotatable bonds is 12. The third-order valence-corrected chi connectivity index (χ3v) is 8.81. The molecule has 47 heavy (non-hydrogen) atoms. The van der Waals surface area contributed by atoms with Gasteiger partial charge in [0, 0.05) is 0 Å². The lowest BCUT2D eigenvalue weighted by Gasteiger charge is -2.25. The number of aromatic nitrogens is 1. The van der Waals surface area contributed by atoms with Gasteiger partial charge in [0.25, 0.3) is 5.56 Å². The van der Waals surface area contributed by atoms with Crippen molar-refractivity contribution < 1.29 is 28.5 Å². The molecule has 0 radical (unpaired) electrons. The first-order valence-electron chi connectivity index (χ1n) is 15.3. The Hall–Kier alpha value is -4.35. The lowest BCUT2D eigenvalue weighted by Crippen LogP contribution is -2.40. The van der Waals surface area contributed by atoms with Crippen LogP contribution in [0.25, 0.3) is 6.08 Å². The van der Waals surface area contributed by atoms with E-state index in [9.17, 15) is 9.59 Å². The molecule has 0 unspecified atom stereocenters. The molecule has 4 aromatic rings. The Kier molecular flexibility index (Phi) is 10.9. The number of nitrogens with zero attached hydrogens (tertiary/aromatic N) is 2. The number of halogens is 1. The fourth-order valence-electron chi connectivity index (χ4n) is 5.27. The molecule has 0 saturated carbocycles. The van der Waals surface area contributed by atoms with Gasteiger partial charge in [0.05, 0.1) is 52.7 Å². The minimum absolute atomic E-state index is 0.0718. The predicted molar refractivity (Wildman–Crippen MR) is 185 cm³/mol. The van der Waals surface area contributed by atoms with E-state index in [2.05, 4.69) is 15.9 Å². The smallest absolute Gasteiger partial charge is 0.338 e. The second-order valence-corrected chi connectivity index (χ2v) is 12.8. The molecule has 1 aliphatic rings. The molecule has 9 nitrogen and oxygen atoms in total. The molecule has 1 aliphatic heterocycles. The summed E-state index contributed by atoms with van der Waals surface area (Å²) in [4.78, 5) is 32.7. The van der Waals surface area contributed by atoms with Crippen molar-refractivity contribution in [1.29, 1.82) is 0 Å². The molecule has 2 heterocycles. The van der Waals surface area contributed by atoms with Crippen LogP contribution >= 0.6 is 27.3 Å². The number of methoxy groups -OCH3 is 1. The van der Waals surface area contributed by atoms with E-state index in [1.54, 1.807) is 43.7 Å². The van der Waals surface area contributed by atoms with Crippen molar-refractivity contribution >= 4 is 39.3 Å². The molecule has 0 bridgehead atoms. The van der Waals surface area contributed by atoms with Crippen LogP contribution in [0.3, 0.4) is 0 Å². The Morgan fingerprint density at radius 1 is 1.02 bits per heavy atom. The normalized spacial score (nSPS) is 14.5. The lowest BCUT2D eigenvalue weighted by atomic mass is 9.95. The summed E-state index contributed by atoms with van der Waals surface area (Å²) in [5.41, 5.74) is 2.87. The Morgan fingerprint density at radius 2 is 1.79 bits per heavy atom. The van der Waals surface area contributed by atoms with Gasteiger partial charge in [-0.1, -0.05) is 47.7 Å². The highest BCUT2D eigenvalue weighted by Crippen LogP contribution is 2.39. The zero-order chi connectivity index (χ0) is 33.7. The summed E-state index contributed by atoms with van der Waals surface area (Å²) in [5, 5.41) is 0. The van der Waals surface area contributed by atoms with Gasteiger partial charge >= 0.3 is 5.97 Å². The quantitative estimate of drug-likeness (QED) is 0.158. The van der Waals surface area contributed by atoms with E-state index >= 15 is 0 Å². The second-order valence-electron chi connectivity index (χ2n) is 10.9. The van der Waals surface area contributed by atoms with Crippen molar-refractivity contribution in [1.82, 2.24) is 4.57 Å². The molecular weight excluding hydrogens is 684 g/mol. The van der Waals surface area contributed by atoms with Crippen LogP contribution in [0.4, 0.5) is 0 Å². The molecule has 11 heteroatoms. The Balaban J connectivity index is 1.61. The highest BCUT2D eigenvalue weighted by molar-refractivity contribution is 9.10. The highest BCUT2D eigenvalue weighted by Gasteiger charge is 2.34. The molecule has 3 aromatic carbocycles. The lowest BCUT2D eigenvalue weighted by molar-refractivity contribution is -0.139. The average molecular weight is 722 g/mol. The number of fused-ring (bicyclic) bond motifs is 1. The first kappa shape index (κ1) is 34.0. The van der Waals surface area contributed by atoms with E-state index < -0.39 is 12.0 Å². The predicted octanol–water partition coefficient (Wildman–Crippen LogP) is 6.33. The fraction of sp³-hybridized carbons (Fsp3) is 0.306. The first-order chi connectivity index (χ1) is 22.6. The van der Waals surface area contributed by atoms with Crippen molar-refractivity contribution in [2.75, 3.05) is 20.3 Å². The number of allylic oxidation sites excluding steroid dienone is 1. The molecule has 246 valence electrons. The number of esters is 1. The average Bonchev–Trinajstić information content (AvgIpc) is 3.34. The molecule has 0 aliphatic carbocycles. The number of hydrogen-bond donors (Lipinski definition) is 0. The number of ether oxygens (including phenoxy) is 5. The van der Waals surface area contributed by atoms with Gasteiger partial charge in [-0.3, -0.25) is 9.36 Å². The number of carbonyl (C=O) groups excluding carboxylic acids is 1. The minimum Gasteiger partial charge on any atom is -0.493 e. The third kappa shape index (κ3) is 7.47. The van der Waals surface area contributed by atoms with Crippen LogP contribution in [0.1, 0.15) is 57.4 Å². The summed E-state index contributed by atoms with van der Waals surface area (Å²) in [6.45, 7) is 10.2. The summed E-state index contributed by atoms with van der Waals surface area (Å²) in [6.07, 6.45) is 1.72. The summed E-state index contributed by atoms with van der Waals surface area (Å²) in [7, 11) is 1.55. The summed E-state index contributed by atoms with van der Waals surface area (Å²) < 4.78 is 31.8. The van der Waals surface area contributed by atoms with Gasteiger partial charge in [-0.05, 0) is 97.6 Å². The van der Waals surface area contributed by atoms with E-state index in [-0.39, 0.29) is 23.8 Å². The molecule has 0 spiro atoms. The van der Waals surface area contributed by atoms with E-state index in [1.165, 1.54) is 11.3 Å². The Morgan fingerprint density at radius 3 is 2.47 bits per heavy atom. The minimum atomic E-state index is -0.797. The molecule has 1 atom stereocenters. The molecule has 5 rings (SSSR count). The van der Waals surface area contributed by atoms with E-state index in [1.807, 2.05) is 69.3 Å². The van der Waals surface area contributed by atoms with Crippen molar-refractivity contribution in [3.63, 3.8) is 0 Å². The largest absolute Gasteiger partial charge is 0.493 e. The summed E-state index contributed by atoms with van der Waals surface area (Å²) in [5.74, 6) is 1.63. The van der Waals surface area contributed by atoms with Gasteiger partial charge < -0.3 is 23.7 Å². The van der Waals surface area contributed by atoms with Gasteiger partial charge in [-0.25, -0.2) is 9.79 Å². The van der Waals surface area contributed by atoms with Crippen molar-refractivity contribution in [3.8, 4) is 23.0 Å². The first-order valence-corrected chi connectivity index (χ1v) is 16.9. The van der Waals surface area contributed by atoms with Crippen molar-refractivity contribution in [2.24, 2.45) is 4.99 Å². The monoisotopic (exact) mass is 720 g/mol. The SMILES string of the molecule is CCOC(=O)C1=C(C)N=c2s/c(=C\c3cc(Br)c(OCc4ccccc4)c(OCC)c3)c(=O)n2[C@@H]1c1ccc(OC(C)C)c(OC)c1. The maximum Gasteiger partial charge on any atom is 0.338 e. The van der Waals surface area contributed by atoms with Crippen LogP contribution in [0.5, 0.6) is 23.0 Å². The summed E-state index contributed by atoms with van der Waals surface area (Å²) in [6, 6.07) is 18.2. The second kappa shape index (κ2) is 15.0. The van der Waals surface area contributed by atoms with Crippen LogP contribution in [0.15, 0.2) is 86.2 Å². The van der Waals surface area contributed by atoms with Crippen LogP contribution in [-0.4, -0.2) is 37.0 Å². The Labute approximate surface area is 285 Å². The zero-order valence-electron chi connectivity index (χ0n) is 27.2. The van der Waals surface area contributed by atoms with Crippen LogP contribution < -0.4 is 33.8 Å². The Bertz CT molecular complexity index is 1980. The molecule has 0 N–H and O–H groups in total. The zero-order valence-corrected chi connectivity index (χ0v) is 29.6. The van der Waals surface area contributed by atoms with E-state index in [0.29, 0.717) is 61.3 Å². The fourth-order valence-corrected chi connectivity index (χ4v) is 6.89. The third-order valence-electron chi connectivity index (χ3n) is 7.24. The molecule has 0 fully saturated rings. The maximum atomic E-state index is 14.2. The number of hydrogen-bond acceptors (Lipinski definition) is 9. The van der Waals surface area contributed by atoms with Crippen LogP contribution in [0, 0.1) is 0 Å².